The van der Waals surface area contributed by atoms with Crippen LogP contribution in [-0.2, 0) is 4.74 Å². The summed E-state index contributed by atoms with van der Waals surface area (Å²) in [6, 6.07) is 7.07. The Hall–Kier alpha value is -0.860. The normalized spacial score (nSPS) is 19.8. The van der Waals surface area contributed by atoms with Crippen LogP contribution in [0.4, 0.5) is 0 Å². The van der Waals surface area contributed by atoms with Crippen LogP contribution in [-0.4, -0.2) is 19.3 Å². The number of benzene rings is 1. The lowest BCUT2D eigenvalue weighted by Gasteiger charge is -2.43. The van der Waals surface area contributed by atoms with Crippen LogP contribution in [0.15, 0.2) is 18.2 Å². The SMILES string of the molecule is CCNC(c1cc(C)ccc1C)C1(OC)CCCCC1. The Morgan fingerprint density at radius 3 is 2.50 bits per heavy atom. The standard InChI is InChI=1S/C18H29NO/c1-5-19-17(16-13-14(2)9-10-15(16)3)18(20-4)11-7-6-8-12-18/h9-10,13,17,19H,5-8,11-12H2,1-4H3. The van der Waals surface area contributed by atoms with Crippen molar-refractivity contribution < 1.29 is 4.74 Å². The summed E-state index contributed by atoms with van der Waals surface area (Å²) in [7, 11) is 1.89. The quantitative estimate of drug-likeness (QED) is 0.865. The van der Waals surface area contributed by atoms with Crippen LogP contribution < -0.4 is 5.32 Å². The van der Waals surface area contributed by atoms with Gasteiger partial charge in [-0.25, -0.2) is 0 Å². The van der Waals surface area contributed by atoms with Gasteiger partial charge in [-0.15, -0.1) is 0 Å². The third kappa shape index (κ3) is 3.07. The van der Waals surface area contributed by atoms with Crippen molar-refractivity contribution in [2.75, 3.05) is 13.7 Å². The van der Waals surface area contributed by atoms with Crippen molar-refractivity contribution in [3.8, 4) is 0 Å². The Morgan fingerprint density at radius 2 is 1.90 bits per heavy atom. The van der Waals surface area contributed by atoms with Crippen LogP contribution in [0.3, 0.4) is 0 Å². The van der Waals surface area contributed by atoms with Gasteiger partial charge in [-0.2, -0.15) is 0 Å². The molecule has 1 atom stereocenters. The molecule has 1 aromatic rings. The molecule has 0 spiro atoms. The molecular formula is C18H29NO. The maximum Gasteiger partial charge on any atom is 0.0872 e. The highest BCUT2D eigenvalue weighted by Crippen LogP contribution is 2.42. The average Bonchev–Trinajstić information content (AvgIpc) is 2.48. The van der Waals surface area contributed by atoms with Gasteiger partial charge in [0, 0.05) is 7.11 Å². The number of hydrogen-bond donors (Lipinski definition) is 1. The predicted octanol–water partition coefficient (Wildman–Crippen LogP) is 4.30. The number of nitrogens with one attached hydrogen (secondary N) is 1. The van der Waals surface area contributed by atoms with Gasteiger partial charge in [-0.3, -0.25) is 0 Å². The predicted molar refractivity (Wildman–Crippen MR) is 85.2 cm³/mol. The maximum atomic E-state index is 6.08. The highest BCUT2D eigenvalue weighted by Gasteiger charge is 2.41. The van der Waals surface area contributed by atoms with Crippen LogP contribution in [0.5, 0.6) is 0 Å². The van der Waals surface area contributed by atoms with Gasteiger partial charge in [-0.1, -0.05) is 49.9 Å². The van der Waals surface area contributed by atoms with Crippen molar-refractivity contribution in [3.63, 3.8) is 0 Å². The Morgan fingerprint density at radius 1 is 1.20 bits per heavy atom. The topological polar surface area (TPSA) is 21.3 Å². The molecule has 1 aliphatic rings. The van der Waals surface area contributed by atoms with E-state index >= 15 is 0 Å². The molecule has 2 nitrogen and oxygen atoms in total. The molecule has 0 aliphatic heterocycles. The third-order valence-electron chi connectivity index (χ3n) is 4.79. The highest BCUT2D eigenvalue weighted by atomic mass is 16.5. The van der Waals surface area contributed by atoms with E-state index in [1.165, 1.54) is 36.0 Å². The fourth-order valence-electron chi connectivity index (χ4n) is 3.62. The summed E-state index contributed by atoms with van der Waals surface area (Å²) in [5.41, 5.74) is 4.07. The van der Waals surface area contributed by atoms with Crippen molar-refractivity contribution in [3.05, 3.63) is 34.9 Å². The molecule has 0 saturated heterocycles. The lowest BCUT2D eigenvalue weighted by atomic mass is 9.75. The summed E-state index contributed by atoms with van der Waals surface area (Å²) in [6.07, 6.45) is 6.22. The summed E-state index contributed by atoms with van der Waals surface area (Å²) >= 11 is 0. The van der Waals surface area contributed by atoms with E-state index < -0.39 is 0 Å². The van der Waals surface area contributed by atoms with Crippen molar-refractivity contribution in [1.82, 2.24) is 5.32 Å². The van der Waals surface area contributed by atoms with Gasteiger partial charge in [0.25, 0.3) is 0 Å². The number of aryl methyl sites for hydroxylation is 2. The molecule has 0 amide bonds. The van der Waals surface area contributed by atoms with E-state index in [-0.39, 0.29) is 5.60 Å². The smallest absolute Gasteiger partial charge is 0.0872 e. The zero-order valence-electron chi connectivity index (χ0n) is 13.5. The molecular weight excluding hydrogens is 246 g/mol. The van der Waals surface area contributed by atoms with E-state index in [0.717, 1.165) is 19.4 Å². The Balaban J connectivity index is 2.40. The molecule has 20 heavy (non-hydrogen) atoms. The summed E-state index contributed by atoms with van der Waals surface area (Å²) < 4.78 is 6.08. The summed E-state index contributed by atoms with van der Waals surface area (Å²) in [5.74, 6) is 0. The van der Waals surface area contributed by atoms with E-state index in [9.17, 15) is 0 Å². The van der Waals surface area contributed by atoms with Crippen LogP contribution in [0, 0.1) is 13.8 Å². The van der Waals surface area contributed by atoms with Crippen molar-refractivity contribution in [2.45, 2.75) is 64.5 Å². The third-order valence-corrected chi connectivity index (χ3v) is 4.79. The second-order valence-corrected chi connectivity index (χ2v) is 6.18. The van der Waals surface area contributed by atoms with Crippen molar-refractivity contribution in [1.29, 1.82) is 0 Å². The molecule has 2 heteroatoms. The van der Waals surface area contributed by atoms with Gasteiger partial charge in [0.15, 0.2) is 0 Å². The molecule has 1 unspecified atom stereocenters. The van der Waals surface area contributed by atoms with E-state index in [1.54, 1.807) is 0 Å². The first-order chi connectivity index (χ1) is 9.63. The van der Waals surface area contributed by atoms with Gasteiger partial charge in [-0.05, 0) is 44.4 Å². The minimum absolute atomic E-state index is 0.0349. The number of rotatable bonds is 5. The van der Waals surface area contributed by atoms with Gasteiger partial charge in [0.1, 0.15) is 0 Å². The van der Waals surface area contributed by atoms with Crippen LogP contribution in [0.2, 0.25) is 0 Å². The molecule has 1 fully saturated rings. The average molecular weight is 275 g/mol. The minimum Gasteiger partial charge on any atom is -0.376 e. The fourth-order valence-corrected chi connectivity index (χ4v) is 3.62. The first kappa shape index (κ1) is 15.5. The van der Waals surface area contributed by atoms with E-state index in [0.29, 0.717) is 6.04 Å². The van der Waals surface area contributed by atoms with Crippen molar-refractivity contribution in [2.24, 2.45) is 0 Å². The number of hydrogen-bond acceptors (Lipinski definition) is 2. The van der Waals surface area contributed by atoms with E-state index in [2.05, 4.69) is 44.3 Å². The molecule has 112 valence electrons. The first-order valence-corrected chi connectivity index (χ1v) is 7.98. The van der Waals surface area contributed by atoms with Gasteiger partial charge in [0.05, 0.1) is 11.6 Å². The van der Waals surface area contributed by atoms with E-state index in [1.807, 2.05) is 7.11 Å². The lowest BCUT2D eigenvalue weighted by Crippen LogP contribution is -2.47. The molecule has 0 radical (unpaired) electrons. The van der Waals surface area contributed by atoms with Crippen LogP contribution >= 0.6 is 0 Å². The maximum absolute atomic E-state index is 6.08. The van der Waals surface area contributed by atoms with E-state index in [4.69, 9.17) is 4.74 Å². The molecule has 1 aliphatic carbocycles. The molecule has 1 saturated carbocycles. The van der Waals surface area contributed by atoms with Gasteiger partial charge < -0.3 is 10.1 Å². The summed E-state index contributed by atoms with van der Waals surface area (Å²) in [4.78, 5) is 0. The van der Waals surface area contributed by atoms with Gasteiger partial charge >= 0.3 is 0 Å². The lowest BCUT2D eigenvalue weighted by molar-refractivity contribution is -0.0685. The molecule has 0 heterocycles. The number of likely N-dealkylation sites (N-methyl/N-ethyl adjacent to an activating group) is 1. The molecule has 2 rings (SSSR count). The number of methoxy groups -OCH3 is 1. The Labute approximate surface area is 123 Å². The number of ether oxygens (including phenoxy) is 1. The molecule has 1 aromatic carbocycles. The van der Waals surface area contributed by atoms with Crippen LogP contribution in [0.1, 0.15) is 61.8 Å². The monoisotopic (exact) mass is 275 g/mol. The second kappa shape index (κ2) is 6.73. The fraction of sp³-hybridized carbons (Fsp3) is 0.667. The Bertz CT molecular complexity index is 435. The molecule has 0 bridgehead atoms. The summed E-state index contributed by atoms with van der Waals surface area (Å²) in [5, 5.41) is 3.70. The van der Waals surface area contributed by atoms with Crippen LogP contribution in [0.25, 0.3) is 0 Å². The van der Waals surface area contributed by atoms with Gasteiger partial charge in [0.2, 0.25) is 0 Å². The highest BCUT2D eigenvalue weighted by molar-refractivity contribution is 5.35. The zero-order chi connectivity index (χ0) is 14.6. The largest absolute Gasteiger partial charge is 0.376 e. The first-order valence-electron chi connectivity index (χ1n) is 7.98. The Kier molecular flexibility index (Phi) is 5.22. The second-order valence-electron chi connectivity index (χ2n) is 6.18. The van der Waals surface area contributed by atoms with Crippen molar-refractivity contribution >= 4 is 0 Å². The molecule has 1 N–H and O–H groups in total. The summed E-state index contributed by atoms with van der Waals surface area (Å²) in [6.45, 7) is 7.55. The minimum atomic E-state index is -0.0349. The molecule has 0 aromatic heterocycles. The zero-order valence-corrected chi connectivity index (χ0v) is 13.5.